The van der Waals surface area contributed by atoms with Gasteiger partial charge in [-0.2, -0.15) is 0 Å². The molecule has 0 aromatic carbocycles. The van der Waals surface area contributed by atoms with Gasteiger partial charge >= 0.3 is 0 Å². The second-order valence-corrected chi connectivity index (χ2v) is 9.01. The Morgan fingerprint density at radius 3 is 2.52 bits per heavy atom. The first-order valence-corrected chi connectivity index (χ1v) is 10.8. The molecule has 29 heavy (non-hydrogen) atoms. The van der Waals surface area contributed by atoms with E-state index in [1.807, 2.05) is 58.9 Å². The molecule has 0 heterocycles. The highest BCUT2D eigenvalue weighted by Crippen LogP contribution is 2.20. The minimum absolute atomic E-state index is 0.00374. The first-order valence-electron chi connectivity index (χ1n) is 10.8. The van der Waals surface area contributed by atoms with Crippen LogP contribution in [0.2, 0.25) is 0 Å². The van der Waals surface area contributed by atoms with Crippen molar-refractivity contribution in [3.63, 3.8) is 0 Å². The lowest BCUT2D eigenvalue weighted by atomic mass is 9.84. The van der Waals surface area contributed by atoms with Crippen molar-refractivity contribution < 1.29 is 9.59 Å². The van der Waals surface area contributed by atoms with E-state index in [0.29, 0.717) is 19.4 Å². The van der Waals surface area contributed by atoms with E-state index in [9.17, 15) is 9.59 Å². The van der Waals surface area contributed by atoms with E-state index in [-0.39, 0.29) is 23.7 Å². The number of unbranched alkanes of at least 4 members (excludes halogenated alkanes) is 1. The highest BCUT2D eigenvalue weighted by atomic mass is 16.2. The molecule has 0 bridgehead atoms. The van der Waals surface area contributed by atoms with Gasteiger partial charge in [0.15, 0.2) is 5.78 Å². The van der Waals surface area contributed by atoms with E-state index < -0.39 is 17.5 Å². The van der Waals surface area contributed by atoms with Crippen LogP contribution in [-0.4, -0.2) is 36.4 Å². The Hall–Kier alpha value is -1.90. The quantitative estimate of drug-likeness (QED) is 0.367. The summed E-state index contributed by atoms with van der Waals surface area (Å²) < 4.78 is 0. The fourth-order valence-corrected chi connectivity index (χ4v) is 3.24. The van der Waals surface area contributed by atoms with Crippen molar-refractivity contribution in [2.75, 3.05) is 6.54 Å². The van der Waals surface area contributed by atoms with E-state index >= 15 is 0 Å². The molecule has 162 valence electrons. The predicted octanol–water partition coefficient (Wildman–Crippen LogP) is 3.11. The minimum Gasteiger partial charge on any atom is -0.345 e. The average Bonchev–Trinajstić information content (AvgIpc) is 2.60. The molecule has 0 aliphatic heterocycles. The summed E-state index contributed by atoms with van der Waals surface area (Å²) in [6, 6.07) is -0.760. The average molecular weight is 402 g/mol. The third-order valence-corrected chi connectivity index (χ3v) is 4.76. The molecular formula is C24H39N3O2. The largest absolute Gasteiger partial charge is 0.345 e. The number of nitrogens with two attached hydrogens (primary N) is 1. The first-order chi connectivity index (χ1) is 13.6. The van der Waals surface area contributed by atoms with Gasteiger partial charge in [-0.25, -0.2) is 0 Å². The van der Waals surface area contributed by atoms with Crippen LogP contribution in [0.15, 0.2) is 24.3 Å². The Labute approximate surface area is 177 Å². The lowest BCUT2D eigenvalue weighted by Crippen LogP contribution is -2.53. The highest BCUT2D eigenvalue weighted by molar-refractivity contribution is 5.93. The molecule has 1 amide bonds. The maximum absolute atomic E-state index is 13.1. The molecular weight excluding hydrogens is 362 g/mol. The van der Waals surface area contributed by atoms with Crippen LogP contribution in [0, 0.1) is 23.2 Å². The van der Waals surface area contributed by atoms with Crippen molar-refractivity contribution in [1.82, 2.24) is 10.6 Å². The van der Waals surface area contributed by atoms with E-state index in [4.69, 9.17) is 5.73 Å². The number of amides is 1. The Bertz CT molecular complexity index is 647. The third-order valence-electron chi connectivity index (χ3n) is 4.76. The molecule has 0 aromatic rings. The van der Waals surface area contributed by atoms with Gasteiger partial charge in [0.05, 0.1) is 12.1 Å². The highest BCUT2D eigenvalue weighted by Gasteiger charge is 2.32. The number of hydrogen-bond donors (Lipinski definition) is 3. The van der Waals surface area contributed by atoms with Gasteiger partial charge in [-0.05, 0) is 32.2 Å². The lowest BCUT2D eigenvalue weighted by Gasteiger charge is -2.29. The molecule has 1 rings (SSSR count). The van der Waals surface area contributed by atoms with Crippen LogP contribution in [0.5, 0.6) is 0 Å². The second kappa shape index (κ2) is 12.6. The number of rotatable bonds is 11. The van der Waals surface area contributed by atoms with Gasteiger partial charge in [0.2, 0.25) is 5.91 Å². The number of carbonyl (C=O) groups excluding carboxylic acids is 2. The van der Waals surface area contributed by atoms with E-state index in [1.165, 1.54) is 0 Å². The third kappa shape index (κ3) is 9.92. The van der Waals surface area contributed by atoms with Crippen molar-refractivity contribution in [2.24, 2.45) is 17.1 Å². The molecule has 0 spiro atoms. The molecule has 1 aliphatic carbocycles. The van der Waals surface area contributed by atoms with Crippen LogP contribution >= 0.6 is 0 Å². The zero-order chi connectivity index (χ0) is 21.9. The van der Waals surface area contributed by atoms with Crippen LogP contribution in [0.3, 0.4) is 0 Å². The fraction of sp³-hybridized carbons (Fsp3) is 0.667. The molecule has 0 fully saturated rings. The zero-order valence-corrected chi connectivity index (χ0v) is 18.8. The van der Waals surface area contributed by atoms with Gasteiger partial charge in [-0.1, -0.05) is 70.8 Å². The smallest absolute Gasteiger partial charge is 0.237 e. The molecule has 4 N–H and O–H groups in total. The van der Waals surface area contributed by atoms with Gasteiger partial charge in [0, 0.05) is 23.8 Å². The minimum atomic E-state index is -0.512. The number of allylic oxidation sites excluding steroid dienone is 4. The summed E-state index contributed by atoms with van der Waals surface area (Å²) in [5, 5.41) is 6.38. The van der Waals surface area contributed by atoms with Crippen molar-refractivity contribution in [3.05, 3.63) is 24.3 Å². The van der Waals surface area contributed by atoms with E-state index in [0.717, 1.165) is 19.3 Å². The summed E-state index contributed by atoms with van der Waals surface area (Å²) >= 11 is 0. The Morgan fingerprint density at radius 2 is 1.90 bits per heavy atom. The van der Waals surface area contributed by atoms with Crippen molar-refractivity contribution >= 4 is 11.7 Å². The summed E-state index contributed by atoms with van der Waals surface area (Å²) in [7, 11) is 0. The summed E-state index contributed by atoms with van der Waals surface area (Å²) in [6.07, 6.45) is 11.6. The van der Waals surface area contributed by atoms with Gasteiger partial charge in [-0.15, -0.1) is 0 Å². The van der Waals surface area contributed by atoms with Gasteiger partial charge in [-0.3, -0.25) is 9.59 Å². The predicted molar refractivity (Wildman–Crippen MR) is 120 cm³/mol. The lowest BCUT2D eigenvalue weighted by molar-refractivity contribution is -0.133. The van der Waals surface area contributed by atoms with Crippen molar-refractivity contribution in [1.29, 1.82) is 0 Å². The molecule has 0 saturated heterocycles. The number of nitrogens with one attached hydrogen (secondary N) is 2. The van der Waals surface area contributed by atoms with Crippen LogP contribution in [0.1, 0.15) is 66.7 Å². The SMILES string of the molecule is CC(C)NC(CC1C#CC/C=C\C=C1)C(=O)NC(CCCCN)C(=O)C(C)(C)C. The summed E-state index contributed by atoms with van der Waals surface area (Å²) in [6.45, 7) is 10.3. The van der Waals surface area contributed by atoms with Crippen LogP contribution in [0.4, 0.5) is 0 Å². The molecule has 0 aromatic heterocycles. The van der Waals surface area contributed by atoms with Crippen molar-refractivity contribution in [2.45, 2.75) is 84.8 Å². The molecule has 3 atom stereocenters. The maximum Gasteiger partial charge on any atom is 0.237 e. The summed E-state index contributed by atoms with van der Waals surface area (Å²) in [5.41, 5.74) is 5.09. The van der Waals surface area contributed by atoms with E-state index in [2.05, 4.69) is 22.5 Å². The molecule has 0 radical (unpaired) electrons. The maximum atomic E-state index is 13.1. The standard InChI is InChI=1S/C24H39N3O2/c1-18(2)26-21(17-19-13-9-7-6-8-10-14-19)23(29)27-20(15-11-12-16-25)22(28)24(3,4)5/h6-7,9,13,18-21,26H,8,11-12,15-17,25H2,1-5H3,(H,27,29)/b7-6-,13-9?. The normalized spacial score (nSPS) is 19.5. The van der Waals surface area contributed by atoms with Gasteiger partial charge < -0.3 is 16.4 Å². The van der Waals surface area contributed by atoms with Crippen LogP contribution < -0.4 is 16.4 Å². The molecule has 1 aliphatic rings. The first kappa shape index (κ1) is 25.1. The van der Waals surface area contributed by atoms with E-state index in [1.54, 1.807) is 0 Å². The van der Waals surface area contributed by atoms with Gasteiger partial charge in [0.25, 0.3) is 0 Å². The number of hydrogen-bond acceptors (Lipinski definition) is 4. The fourth-order valence-electron chi connectivity index (χ4n) is 3.24. The number of Topliss-reactive ketones (excluding diaryl/α,β-unsaturated/α-hetero) is 1. The summed E-state index contributed by atoms with van der Waals surface area (Å²) in [5.74, 6) is 6.28. The zero-order valence-electron chi connectivity index (χ0n) is 18.8. The molecule has 5 heteroatoms. The molecule has 3 unspecified atom stereocenters. The Balaban J connectivity index is 2.92. The summed E-state index contributed by atoms with van der Waals surface area (Å²) in [4.78, 5) is 26.0. The monoisotopic (exact) mass is 401 g/mol. The number of ketones is 1. The molecule has 0 saturated carbocycles. The Morgan fingerprint density at radius 1 is 1.17 bits per heavy atom. The van der Waals surface area contributed by atoms with Crippen LogP contribution in [0.25, 0.3) is 0 Å². The van der Waals surface area contributed by atoms with Crippen LogP contribution in [-0.2, 0) is 9.59 Å². The van der Waals surface area contributed by atoms with Gasteiger partial charge in [0.1, 0.15) is 0 Å². The molecule has 5 nitrogen and oxygen atoms in total. The topological polar surface area (TPSA) is 84.2 Å². The van der Waals surface area contributed by atoms with Crippen molar-refractivity contribution in [3.8, 4) is 11.8 Å². The number of carbonyl (C=O) groups is 2. The second-order valence-electron chi connectivity index (χ2n) is 9.01. The Kier molecular flexibility index (Phi) is 10.9.